The van der Waals surface area contributed by atoms with Crippen LogP contribution in [0, 0.1) is 16.0 Å². The molecule has 2 aliphatic rings. The number of fused-ring (bicyclic) bond motifs is 3. The molecule has 1 aliphatic carbocycles. The summed E-state index contributed by atoms with van der Waals surface area (Å²) in [6, 6.07) is 13.0. The summed E-state index contributed by atoms with van der Waals surface area (Å²) in [7, 11) is 0. The average Bonchev–Trinajstić information content (AvgIpc) is 3.04. The second-order valence-electron chi connectivity index (χ2n) is 6.17. The molecule has 0 radical (unpaired) electrons. The fourth-order valence-electron chi connectivity index (χ4n) is 3.75. The van der Waals surface area contributed by atoms with E-state index in [2.05, 4.69) is 17.5 Å². The van der Waals surface area contributed by atoms with E-state index in [-0.39, 0.29) is 16.7 Å². The molecule has 4 rings (SSSR count). The van der Waals surface area contributed by atoms with Crippen LogP contribution < -0.4 is 11.1 Å². The number of nitrogens with zero attached hydrogens (tertiary/aromatic N) is 1. The lowest BCUT2D eigenvalue weighted by atomic mass is 9.77. The molecule has 1 aliphatic heterocycles. The molecule has 116 valence electrons. The SMILES string of the molecule is Nc1ccc2c(c1)[C@@H]1C=CC[C@H]1[C@H](c1ccc([N+](=O)[O-])cc1)N2. The smallest absolute Gasteiger partial charge is 0.269 e. The first-order chi connectivity index (χ1) is 11.1. The number of nitrogen functional groups attached to an aromatic ring is 1. The Hall–Kier alpha value is -2.82. The summed E-state index contributed by atoms with van der Waals surface area (Å²) in [4.78, 5) is 10.5. The minimum atomic E-state index is -0.365. The molecule has 0 fully saturated rings. The van der Waals surface area contributed by atoms with E-state index in [1.54, 1.807) is 12.1 Å². The largest absolute Gasteiger partial charge is 0.399 e. The monoisotopic (exact) mass is 307 g/mol. The molecule has 0 unspecified atom stereocenters. The molecule has 0 saturated carbocycles. The van der Waals surface area contributed by atoms with Gasteiger partial charge in [-0.25, -0.2) is 0 Å². The molecule has 0 amide bonds. The highest BCUT2D eigenvalue weighted by atomic mass is 16.6. The summed E-state index contributed by atoms with van der Waals surface area (Å²) in [6.45, 7) is 0. The molecule has 3 atom stereocenters. The lowest BCUT2D eigenvalue weighted by Gasteiger charge is -2.37. The van der Waals surface area contributed by atoms with Gasteiger partial charge in [0.1, 0.15) is 0 Å². The third-order valence-corrected chi connectivity index (χ3v) is 4.85. The second-order valence-corrected chi connectivity index (χ2v) is 6.17. The third-order valence-electron chi connectivity index (χ3n) is 4.85. The van der Waals surface area contributed by atoms with Gasteiger partial charge in [0.25, 0.3) is 5.69 Å². The van der Waals surface area contributed by atoms with E-state index < -0.39 is 0 Å². The molecule has 23 heavy (non-hydrogen) atoms. The molecule has 0 spiro atoms. The van der Waals surface area contributed by atoms with Gasteiger partial charge in [-0.05, 0) is 41.7 Å². The van der Waals surface area contributed by atoms with Gasteiger partial charge < -0.3 is 11.1 Å². The van der Waals surface area contributed by atoms with Gasteiger partial charge in [0, 0.05) is 29.4 Å². The number of nitro groups is 1. The van der Waals surface area contributed by atoms with Crippen molar-refractivity contribution in [2.24, 2.45) is 5.92 Å². The lowest BCUT2D eigenvalue weighted by molar-refractivity contribution is -0.384. The van der Waals surface area contributed by atoms with Crippen LogP contribution in [0.4, 0.5) is 17.1 Å². The van der Waals surface area contributed by atoms with Crippen LogP contribution in [0.15, 0.2) is 54.6 Å². The van der Waals surface area contributed by atoms with E-state index >= 15 is 0 Å². The Morgan fingerprint density at radius 3 is 2.70 bits per heavy atom. The van der Waals surface area contributed by atoms with E-state index in [1.165, 1.54) is 5.56 Å². The number of hydrogen-bond acceptors (Lipinski definition) is 4. The number of rotatable bonds is 2. The molecule has 1 heterocycles. The number of non-ortho nitro benzene ring substituents is 1. The predicted molar refractivity (Wildman–Crippen MR) is 90.3 cm³/mol. The Labute approximate surface area is 134 Å². The Balaban J connectivity index is 1.73. The van der Waals surface area contributed by atoms with E-state index in [4.69, 9.17) is 5.73 Å². The Morgan fingerprint density at radius 2 is 1.96 bits per heavy atom. The number of allylic oxidation sites excluding steroid dienone is 2. The summed E-state index contributed by atoms with van der Waals surface area (Å²) in [5, 5.41) is 14.4. The number of benzene rings is 2. The van der Waals surface area contributed by atoms with Crippen LogP contribution in [0.25, 0.3) is 0 Å². The van der Waals surface area contributed by atoms with Crippen LogP contribution in [-0.4, -0.2) is 4.92 Å². The van der Waals surface area contributed by atoms with Crippen LogP contribution in [0.1, 0.15) is 29.5 Å². The van der Waals surface area contributed by atoms with Crippen molar-refractivity contribution in [2.45, 2.75) is 18.4 Å². The van der Waals surface area contributed by atoms with E-state index in [1.807, 2.05) is 30.3 Å². The second kappa shape index (κ2) is 5.12. The molecule has 2 aromatic carbocycles. The van der Waals surface area contributed by atoms with Crippen LogP contribution in [0.5, 0.6) is 0 Å². The van der Waals surface area contributed by atoms with E-state index in [9.17, 15) is 10.1 Å². The van der Waals surface area contributed by atoms with Crippen molar-refractivity contribution in [3.8, 4) is 0 Å². The quantitative estimate of drug-likeness (QED) is 0.380. The fourth-order valence-corrected chi connectivity index (χ4v) is 3.75. The van der Waals surface area contributed by atoms with Crippen LogP contribution >= 0.6 is 0 Å². The molecule has 2 aromatic rings. The van der Waals surface area contributed by atoms with Gasteiger partial charge in [0.2, 0.25) is 0 Å². The Kier molecular flexibility index (Phi) is 3.08. The number of nitrogens with two attached hydrogens (primary N) is 1. The van der Waals surface area contributed by atoms with Crippen molar-refractivity contribution in [1.29, 1.82) is 0 Å². The molecule has 0 bridgehead atoms. The van der Waals surface area contributed by atoms with Gasteiger partial charge in [-0.3, -0.25) is 10.1 Å². The van der Waals surface area contributed by atoms with E-state index in [0.717, 1.165) is 23.4 Å². The minimum Gasteiger partial charge on any atom is -0.399 e. The predicted octanol–water partition coefficient (Wildman–Crippen LogP) is 4.00. The first kappa shape index (κ1) is 13.8. The fraction of sp³-hybridized carbons (Fsp3) is 0.222. The zero-order valence-corrected chi connectivity index (χ0v) is 12.5. The molecule has 5 heteroatoms. The van der Waals surface area contributed by atoms with Crippen molar-refractivity contribution < 1.29 is 4.92 Å². The Morgan fingerprint density at radius 1 is 1.17 bits per heavy atom. The van der Waals surface area contributed by atoms with Crippen molar-refractivity contribution in [1.82, 2.24) is 0 Å². The first-order valence-corrected chi connectivity index (χ1v) is 7.70. The Bertz CT molecular complexity index is 798. The number of anilines is 2. The normalized spacial score (nSPS) is 24.6. The summed E-state index contributed by atoms with van der Waals surface area (Å²) in [6.07, 6.45) is 5.46. The van der Waals surface area contributed by atoms with Gasteiger partial charge in [-0.2, -0.15) is 0 Å². The summed E-state index contributed by atoms with van der Waals surface area (Å²) in [5.41, 5.74) is 10.3. The molecule has 3 N–H and O–H groups in total. The zero-order valence-electron chi connectivity index (χ0n) is 12.5. The van der Waals surface area contributed by atoms with Crippen molar-refractivity contribution in [2.75, 3.05) is 11.1 Å². The maximum atomic E-state index is 10.8. The van der Waals surface area contributed by atoms with Crippen molar-refractivity contribution in [3.63, 3.8) is 0 Å². The zero-order chi connectivity index (χ0) is 16.0. The van der Waals surface area contributed by atoms with Gasteiger partial charge in [0.05, 0.1) is 11.0 Å². The molecular formula is C18H17N3O2. The van der Waals surface area contributed by atoms with Crippen molar-refractivity contribution >= 4 is 17.1 Å². The standard InChI is InChI=1S/C18H17N3O2/c19-12-6-9-17-16(10-12)14-2-1-3-15(14)18(20-17)11-4-7-13(8-5-11)21(22)23/h1-2,4-10,14-15,18,20H,3,19H2/t14-,15-,18+/m1/s1. The number of nitrogens with one attached hydrogen (secondary N) is 1. The van der Waals surface area contributed by atoms with E-state index in [0.29, 0.717) is 11.8 Å². The van der Waals surface area contributed by atoms with Gasteiger partial charge in [-0.1, -0.05) is 24.3 Å². The molecule has 5 nitrogen and oxygen atoms in total. The highest BCUT2D eigenvalue weighted by Gasteiger charge is 2.37. The third kappa shape index (κ3) is 2.25. The number of hydrogen-bond donors (Lipinski definition) is 2. The molecule has 0 aromatic heterocycles. The minimum absolute atomic E-state index is 0.124. The van der Waals surface area contributed by atoms with Gasteiger partial charge >= 0.3 is 0 Å². The van der Waals surface area contributed by atoms with Gasteiger partial charge in [-0.15, -0.1) is 0 Å². The van der Waals surface area contributed by atoms with Crippen molar-refractivity contribution in [3.05, 3.63) is 75.9 Å². The maximum absolute atomic E-state index is 10.8. The average molecular weight is 307 g/mol. The highest BCUT2D eigenvalue weighted by Crippen LogP contribution is 2.50. The highest BCUT2D eigenvalue weighted by molar-refractivity contribution is 5.64. The summed E-state index contributed by atoms with van der Waals surface area (Å²) in [5.74, 6) is 0.751. The first-order valence-electron chi connectivity index (χ1n) is 7.70. The molecule has 0 saturated heterocycles. The summed E-state index contributed by atoms with van der Waals surface area (Å²) >= 11 is 0. The molecular weight excluding hydrogens is 290 g/mol. The lowest BCUT2D eigenvalue weighted by Crippen LogP contribution is -2.29. The van der Waals surface area contributed by atoms with Crippen LogP contribution in [0.3, 0.4) is 0 Å². The van der Waals surface area contributed by atoms with Gasteiger partial charge in [0.15, 0.2) is 0 Å². The summed E-state index contributed by atoms with van der Waals surface area (Å²) < 4.78 is 0. The van der Waals surface area contributed by atoms with Crippen LogP contribution in [0.2, 0.25) is 0 Å². The number of nitro benzene ring substituents is 1. The topological polar surface area (TPSA) is 81.2 Å². The van der Waals surface area contributed by atoms with Crippen LogP contribution in [-0.2, 0) is 0 Å². The maximum Gasteiger partial charge on any atom is 0.269 e.